The van der Waals surface area contributed by atoms with Crippen LogP contribution < -0.4 is 19.7 Å². The Bertz CT molecular complexity index is 1310. The number of nitrogens with zero attached hydrogens (tertiary/aromatic N) is 1. The van der Waals surface area contributed by atoms with Crippen LogP contribution in [-0.4, -0.2) is 26.0 Å². The highest BCUT2D eigenvalue weighted by Crippen LogP contribution is 2.33. The zero-order chi connectivity index (χ0) is 25.5. The van der Waals surface area contributed by atoms with Crippen LogP contribution in [0.25, 0.3) is 0 Å². The topological polar surface area (TPSA) is 81.0 Å². The third kappa shape index (κ3) is 5.38. The van der Waals surface area contributed by atoms with E-state index in [2.05, 4.69) is 5.32 Å². The molecule has 1 heterocycles. The maximum absolute atomic E-state index is 13.9. The first-order valence-corrected chi connectivity index (χ1v) is 11.2. The molecular formula is C28H25FN2O5. The number of rotatable bonds is 9. The van der Waals surface area contributed by atoms with E-state index in [4.69, 9.17) is 13.9 Å². The van der Waals surface area contributed by atoms with Gasteiger partial charge in [0.25, 0.3) is 11.8 Å². The molecule has 0 bridgehead atoms. The summed E-state index contributed by atoms with van der Waals surface area (Å²) in [4.78, 5) is 28.9. The Hall–Kier alpha value is -4.59. The lowest BCUT2D eigenvalue weighted by atomic mass is 10.1. The van der Waals surface area contributed by atoms with Crippen molar-refractivity contribution in [2.45, 2.75) is 12.6 Å². The van der Waals surface area contributed by atoms with E-state index in [1.54, 1.807) is 66.7 Å². The number of benzene rings is 3. The van der Waals surface area contributed by atoms with Crippen molar-refractivity contribution in [2.75, 3.05) is 19.1 Å². The summed E-state index contributed by atoms with van der Waals surface area (Å²) >= 11 is 0. The van der Waals surface area contributed by atoms with Crippen LogP contribution in [0.4, 0.5) is 10.1 Å². The molecule has 0 unspecified atom stereocenters. The molecule has 0 saturated carbocycles. The van der Waals surface area contributed by atoms with Gasteiger partial charge in [-0.3, -0.25) is 14.5 Å². The zero-order valence-electron chi connectivity index (χ0n) is 19.8. The van der Waals surface area contributed by atoms with Crippen molar-refractivity contribution in [3.63, 3.8) is 0 Å². The number of halogens is 1. The van der Waals surface area contributed by atoms with Gasteiger partial charge in [0.15, 0.2) is 17.5 Å². The number of nitrogens with one attached hydrogen (secondary N) is 1. The predicted octanol–water partition coefficient (Wildman–Crippen LogP) is 5.14. The van der Waals surface area contributed by atoms with Gasteiger partial charge < -0.3 is 19.2 Å². The van der Waals surface area contributed by atoms with Gasteiger partial charge in [-0.05, 0) is 60.2 Å². The lowest BCUT2D eigenvalue weighted by Gasteiger charge is -2.30. The van der Waals surface area contributed by atoms with Crippen molar-refractivity contribution in [3.05, 3.63) is 114 Å². The molecule has 8 heteroatoms. The number of para-hydroxylation sites is 1. The highest BCUT2D eigenvalue weighted by atomic mass is 19.1. The van der Waals surface area contributed by atoms with E-state index in [9.17, 15) is 14.0 Å². The van der Waals surface area contributed by atoms with E-state index in [0.29, 0.717) is 28.3 Å². The highest BCUT2D eigenvalue weighted by Gasteiger charge is 2.35. The van der Waals surface area contributed by atoms with Gasteiger partial charge in [-0.1, -0.05) is 30.3 Å². The summed E-state index contributed by atoms with van der Waals surface area (Å²) in [6.45, 7) is 0.142. The number of hydrogen-bond donors (Lipinski definition) is 1. The minimum Gasteiger partial charge on any atom is -0.493 e. The number of ether oxygens (including phenoxy) is 2. The molecule has 1 aromatic heterocycles. The number of carbonyl (C=O) groups is 2. The smallest absolute Gasteiger partial charge is 0.259 e. The Morgan fingerprint density at radius 2 is 1.64 bits per heavy atom. The Morgan fingerprint density at radius 3 is 2.28 bits per heavy atom. The summed E-state index contributed by atoms with van der Waals surface area (Å²) in [6, 6.07) is 21.6. The molecule has 1 atom stereocenters. The summed E-state index contributed by atoms with van der Waals surface area (Å²) in [5.41, 5.74) is 1.50. The summed E-state index contributed by atoms with van der Waals surface area (Å²) in [5.74, 6) is -0.141. The molecule has 3 aromatic carbocycles. The third-order valence-corrected chi connectivity index (χ3v) is 5.58. The highest BCUT2D eigenvalue weighted by molar-refractivity contribution is 6.10. The molecule has 0 aliphatic heterocycles. The average Bonchev–Trinajstić information content (AvgIpc) is 3.45. The first kappa shape index (κ1) is 24.5. The maximum Gasteiger partial charge on any atom is 0.259 e. The van der Waals surface area contributed by atoms with Crippen LogP contribution in [0.3, 0.4) is 0 Å². The Labute approximate surface area is 208 Å². The van der Waals surface area contributed by atoms with Crippen molar-refractivity contribution in [1.82, 2.24) is 5.32 Å². The summed E-state index contributed by atoms with van der Waals surface area (Å²) in [7, 11) is 2.99. The standard InChI is InChI=1S/C28H25FN2O5/c1-34-23-15-12-20(17-25(23)35-2)28(33)31(22-7-4-3-5-8-22)26(24-9-6-16-36-24)27(32)30-18-19-10-13-21(29)14-11-19/h3-17,26H,18H2,1-2H3,(H,30,32)/t26-/m1/s1. The number of hydrogen-bond acceptors (Lipinski definition) is 5. The molecule has 0 spiro atoms. The second kappa shape index (κ2) is 11.2. The Morgan fingerprint density at radius 1 is 0.917 bits per heavy atom. The fraction of sp³-hybridized carbons (Fsp3) is 0.143. The number of methoxy groups -OCH3 is 2. The van der Waals surface area contributed by atoms with Gasteiger partial charge in [-0.25, -0.2) is 4.39 Å². The lowest BCUT2D eigenvalue weighted by Crippen LogP contribution is -2.43. The fourth-order valence-corrected chi connectivity index (χ4v) is 3.79. The van der Waals surface area contributed by atoms with Crippen molar-refractivity contribution in [3.8, 4) is 11.5 Å². The Kier molecular flexibility index (Phi) is 7.65. The fourth-order valence-electron chi connectivity index (χ4n) is 3.79. The quantitative estimate of drug-likeness (QED) is 0.353. The number of amides is 2. The number of anilines is 1. The van der Waals surface area contributed by atoms with Crippen LogP contribution >= 0.6 is 0 Å². The minimum absolute atomic E-state index is 0.142. The molecule has 0 aliphatic carbocycles. The third-order valence-electron chi connectivity index (χ3n) is 5.58. The number of carbonyl (C=O) groups excluding carboxylic acids is 2. The van der Waals surface area contributed by atoms with Crippen molar-refractivity contribution < 1.29 is 27.9 Å². The molecule has 0 radical (unpaired) electrons. The molecular weight excluding hydrogens is 463 g/mol. The monoisotopic (exact) mass is 488 g/mol. The first-order chi connectivity index (χ1) is 17.5. The molecule has 0 aliphatic rings. The van der Waals surface area contributed by atoms with Gasteiger partial charge >= 0.3 is 0 Å². The zero-order valence-corrected chi connectivity index (χ0v) is 19.8. The summed E-state index contributed by atoms with van der Waals surface area (Å²) < 4.78 is 29.5. The lowest BCUT2D eigenvalue weighted by molar-refractivity contribution is -0.123. The molecule has 2 amide bonds. The molecule has 1 N–H and O–H groups in total. The molecule has 0 saturated heterocycles. The molecule has 4 rings (SSSR count). The van der Waals surface area contributed by atoms with Crippen molar-refractivity contribution in [2.24, 2.45) is 0 Å². The van der Waals surface area contributed by atoms with E-state index in [-0.39, 0.29) is 18.1 Å². The maximum atomic E-state index is 13.9. The van der Waals surface area contributed by atoms with Crippen molar-refractivity contribution in [1.29, 1.82) is 0 Å². The van der Waals surface area contributed by atoms with Gasteiger partial charge in [0.05, 0.1) is 20.5 Å². The Balaban J connectivity index is 1.73. The second-order valence-corrected chi connectivity index (χ2v) is 7.84. The van der Waals surface area contributed by atoms with E-state index in [0.717, 1.165) is 0 Å². The van der Waals surface area contributed by atoms with Crippen LogP contribution in [0.1, 0.15) is 27.7 Å². The summed E-state index contributed by atoms with van der Waals surface area (Å²) in [5, 5.41) is 2.84. The number of furan rings is 1. The van der Waals surface area contributed by atoms with E-state index in [1.165, 1.54) is 37.5 Å². The molecule has 0 fully saturated rings. The van der Waals surface area contributed by atoms with Crippen LogP contribution in [0.5, 0.6) is 11.5 Å². The molecule has 4 aromatic rings. The van der Waals surface area contributed by atoms with Gasteiger partial charge in [-0.15, -0.1) is 0 Å². The second-order valence-electron chi connectivity index (χ2n) is 7.84. The first-order valence-electron chi connectivity index (χ1n) is 11.2. The van der Waals surface area contributed by atoms with Gasteiger partial charge in [-0.2, -0.15) is 0 Å². The van der Waals surface area contributed by atoms with Crippen molar-refractivity contribution >= 4 is 17.5 Å². The van der Waals surface area contributed by atoms with Crippen LogP contribution in [0, 0.1) is 5.82 Å². The predicted molar refractivity (Wildman–Crippen MR) is 132 cm³/mol. The largest absolute Gasteiger partial charge is 0.493 e. The van der Waals surface area contributed by atoms with E-state index in [1.807, 2.05) is 6.07 Å². The van der Waals surface area contributed by atoms with Crippen LogP contribution in [-0.2, 0) is 11.3 Å². The average molecular weight is 489 g/mol. The summed E-state index contributed by atoms with van der Waals surface area (Å²) in [6.07, 6.45) is 1.44. The molecule has 7 nitrogen and oxygen atoms in total. The van der Waals surface area contributed by atoms with Crippen LogP contribution in [0.2, 0.25) is 0 Å². The van der Waals surface area contributed by atoms with Crippen LogP contribution in [0.15, 0.2) is 95.6 Å². The van der Waals surface area contributed by atoms with E-state index >= 15 is 0 Å². The normalized spacial score (nSPS) is 11.4. The van der Waals surface area contributed by atoms with Gasteiger partial charge in [0, 0.05) is 17.8 Å². The van der Waals surface area contributed by atoms with Gasteiger partial charge in [0.2, 0.25) is 0 Å². The SMILES string of the molecule is COc1ccc(C(=O)N(c2ccccc2)[C@@H](C(=O)NCc2ccc(F)cc2)c2ccco2)cc1OC. The molecule has 36 heavy (non-hydrogen) atoms. The van der Waals surface area contributed by atoms with Gasteiger partial charge in [0.1, 0.15) is 11.6 Å². The van der Waals surface area contributed by atoms with E-state index < -0.39 is 17.9 Å². The molecule has 184 valence electrons. The minimum atomic E-state index is -1.12.